The zero-order chi connectivity index (χ0) is 24.5. The molecule has 0 fully saturated rings. The van der Waals surface area contributed by atoms with Crippen molar-refractivity contribution in [1.82, 2.24) is 4.57 Å². The molecule has 0 radical (unpaired) electrons. The van der Waals surface area contributed by atoms with Gasteiger partial charge in [-0.2, -0.15) is 0 Å². The van der Waals surface area contributed by atoms with E-state index in [0.717, 1.165) is 0 Å². The molecule has 0 aliphatic carbocycles. The van der Waals surface area contributed by atoms with E-state index in [2.05, 4.69) is 42.3 Å². The lowest BCUT2D eigenvalue weighted by Gasteiger charge is -2.07. The Bertz CT molecular complexity index is 533. The van der Waals surface area contributed by atoms with Crippen LogP contribution in [-0.4, -0.2) is 4.57 Å². The van der Waals surface area contributed by atoms with Gasteiger partial charge in [0.15, 0.2) is 0 Å². The second kappa shape index (κ2) is 23.9. The second-order valence-corrected chi connectivity index (χ2v) is 10.9. The Balaban J connectivity index is 2.23. The first kappa shape index (κ1) is 31.2. The zero-order valence-electron chi connectivity index (χ0n) is 23.9. The molecule has 0 atom stereocenters. The maximum absolute atomic E-state index is 2.60. The van der Waals surface area contributed by atoms with Crippen LogP contribution in [0.15, 0.2) is 12.4 Å². The van der Waals surface area contributed by atoms with Crippen molar-refractivity contribution >= 4 is 0 Å². The van der Waals surface area contributed by atoms with Crippen molar-refractivity contribution in [2.45, 2.75) is 188 Å². The van der Waals surface area contributed by atoms with Gasteiger partial charge >= 0.3 is 0 Å². The largest absolute Gasteiger partial charge is 0.256 e. The molecule has 0 saturated heterocycles. The Morgan fingerprint density at radius 1 is 0.500 bits per heavy atom. The Morgan fingerprint density at radius 2 is 0.912 bits per heavy atom. The molecule has 1 aromatic heterocycles. The van der Waals surface area contributed by atoms with Crippen molar-refractivity contribution in [2.24, 2.45) is 0 Å². The van der Waals surface area contributed by atoms with Crippen molar-refractivity contribution in [1.29, 1.82) is 0 Å². The number of nitrogens with zero attached hydrogens (tertiary/aromatic N) is 2. The van der Waals surface area contributed by atoms with Crippen LogP contribution in [0.4, 0.5) is 0 Å². The summed E-state index contributed by atoms with van der Waals surface area (Å²) in [7, 11) is 0. The van der Waals surface area contributed by atoms with Crippen molar-refractivity contribution < 1.29 is 4.57 Å². The smallest absolute Gasteiger partial charge is 0.234 e. The minimum absolute atomic E-state index is 1.22. The molecule has 1 aromatic rings. The Kier molecular flexibility index (Phi) is 22.0. The molecule has 1 rings (SSSR count). The van der Waals surface area contributed by atoms with Gasteiger partial charge in [-0.1, -0.05) is 136 Å². The summed E-state index contributed by atoms with van der Waals surface area (Å²) in [6, 6.07) is 0. The molecule has 0 saturated carbocycles. The number of hydrogen-bond donors (Lipinski definition) is 0. The molecule has 0 amide bonds. The third-order valence-electron chi connectivity index (χ3n) is 7.60. The van der Waals surface area contributed by atoms with Gasteiger partial charge < -0.3 is 0 Å². The van der Waals surface area contributed by atoms with Gasteiger partial charge in [-0.3, -0.25) is 0 Å². The van der Waals surface area contributed by atoms with Crippen molar-refractivity contribution in [2.75, 3.05) is 0 Å². The van der Waals surface area contributed by atoms with Gasteiger partial charge in [0, 0.05) is 6.42 Å². The van der Waals surface area contributed by atoms with Crippen LogP contribution in [0, 0.1) is 0 Å². The van der Waals surface area contributed by atoms with Gasteiger partial charge in [-0.25, -0.2) is 9.13 Å². The Hall–Kier alpha value is -0.790. The lowest BCUT2D eigenvalue weighted by atomic mass is 10.0. The van der Waals surface area contributed by atoms with Crippen molar-refractivity contribution in [3.8, 4) is 0 Å². The minimum Gasteiger partial charge on any atom is -0.234 e. The van der Waals surface area contributed by atoms with Gasteiger partial charge in [0.2, 0.25) is 0 Å². The van der Waals surface area contributed by atoms with Crippen LogP contribution in [0.1, 0.15) is 174 Å². The van der Waals surface area contributed by atoms with E-state index < -0.39 is 0 Å². The fourth-order valence-corrected chi connectivity index (χ4v) is 5.26. The third kappa shape index (κ3) is 16.8. The van der Waals surface area contributed by atoms with E-state index >= 15 is 0 Å². The molecule has 0 unspecified atom stereocenters. The lowest BCUT2D eigenvalue weighted by Crippen LogP contribution is -2.37. The number of hydrogen-bond acceptors (Lipinski definition) is 0. The fourth-order valence-electron chi connectivity index (χ4n) is 5.26. The average Bonchev–Trinajstić information content (AvgIpc) is 3.23. The van der Waals surface area contributed by atoms with Gasteiger partial charge in [0.1, 0.15) is 12.4 Å². The number of aromatic nitrogens is 2. The van der Waals surface area contributed by atoms with E-state index in [4.69, 9.17) is 0 Å². The van der Waals surface area contributed by atoms with Crippen LogP contribution >= 0.6 is 0 Å². The predicted molar refractivity (Wildman–Crippen MR) is 152 cm³/mol. The van der Waals surface area contributed by atoms with Crippen LogP contribution < -0.4 is 4.57 Å². The molecular weight excluding hydrogens is 412 g/mol. The summed E-state index contributed by atoms with van der Waals surface area (Å²) in [5.41, 5.74) is 0. The van der Waals surface area contributed by atoms with E-state index in [0.29, 0.717) is 0 Å². The SMILES string of the molecule is CCCCCCCCCCCCCCCn1cc[n+](CCCCCCC)c1CCCCCCC. The second-order valence-electron chi connectivity index (χ2n) is 10.9. The third-order valence-corrected chi connectivity index (χ3v) is 7.60. The molecule has 34 heavy (non-hydrogen) atoms. The van der Waals surface area contributed by atoms with Crippen LogP contribution in [0.5, 0.6) is 0 Å². The highest BCUT2D eigenvalue weighted by Crippen LogP contribution is 2.14. The standard InChI is InChI=1S/C32H63N2/c1-4-7-10-13-14-15-16-17-18-19-20-23-26-29-34-31-30-33(28-25-22-12-9-6-3)32(34)27-24-21-11-8-5-2/h30-31H,4-29H2,1-3H3/q+1. The Morgan fingerprint density at radius 3 is 1.41 bits per heavy atom. The van der Waals surface area contributed by atoms with Crippen LogP contribution in [0.2, 0.25) is 0 Å². The summed E-state index contributed by atoms with van der Waals surface area (Å²) < 4.78 is 5.19. The van der Waals surface area contributed by atoms with Gasteiger partial charge in [-0.15, -0.1) is 0 Å². The van der Waals surface area contributed by atoms with E-state index in [1.807, 2.05) is 0 Å². The topological polar surface area (TPSA) is 8.81 Å². The van der Waals surface area contributed by atoms with Crippen LogP contribution in [0.25, 0.3) is 0 Å². The first-order valence-electron chi connectivity index (χ1n) is 15.9. The van der Waals surface area contributed by atoms with Crippen LogP contribution in [-0.2, 0) is 19.5 Å². The summed E-state index contributed by atoms with van der Waals surface area (Å²) in [4.78, 5) is 0. The summed E-state index contributed by atoms with van der Waals surface area (Å²) in [6.45, 7) is 9.37. The van der Waals surface area contributed by atoms with E-state index in [1.54, 1.807) is 5.82 Å². The van der Waals surface area contributed by atoms with Gasteiger partial charge in [0.25, 0.3) is 5.82 Å². The number of rotatable bonds is 26. The fraction of sp³-hybridized carbons (Fsp3) is 0.906. The molecule has 0 aliphatic heterocycles. The summed E-state index contributed by atoms with van der Waals surface area (Å²) >= 11 is 0. The lowest BCUT2D eigenvalue weighted by molar-refractivity contribution is -0.704. The van der Waals surface area contributed by atoms with E-state index in [1.165, 1.54) is 167 Å². The highest BCUT2D eigenvalue weighted by Gasteiger charge is 2.16. The summed E-state index contributed by atoms with van der Waals surface area (Å²) in [5.74, 6) is 1.60. The Labute approximate surface area is 215 Å². The van der Waals surface area contributed by atoms with Crippen molar-refractivity contribution in [3.63, 3.8) is 0 Å². The molecule has 0 spiro atoms. The molecule has 2 heteroatoms. The van der Waals surface area contributed by atoms with E-state index in [-0.39, 0.29) is 0 Å². The molecule has 0 bridgehead atoms. The number of aryl methyl sites for hydroxylation is 2. The van der Waals surface area contributed by atoms with E-state index in [9.17, 15) is 0 Å². The minimum atomic E-state index is 1.22. The molecule has 2 nitrogen and oxygen atoms in total. The summed E-state index contributed by atoms with van der Waals surface area (Å²) in [6.07, 6.45) is 38.5. The number of imidazole rings is 1. The zero-order valence-corrected chi connectivity index (χ0v) is 23.9. The number of unbranched alkanes of at least 4 members (excludes halogenated alkanes) is 20. The molecule has 0 aliphatic rings. The van der Waals surface area contributed by atoms with Gasteiger partial charge in [0.05, 0.1) is 13.1 Å². The quantitative estimate of drug-likeness (QED) is 0.0930. The monoisotopic (exact) mass is 475 g/mol. The van der Waals surface area contributed by atoms with Crippen LogP contribution in [0.3, 0.4) is 0 Å². The van der Waals surface area contributed by atoms with Crippen molar-refractivity contribution in [3.05, 3.63) is 18.2 Å². The molecule has 1 heterocycles. The maximum Gasteiger partial charge on any atom is 0.256 e. The highest BCUT2D eigenvalue weighted by atomic mass is 15.1. The predicted octanol–water partition coefficient (Wildman–Crippen LogP) is 10.4. The first-order valence-corrected chi connectivity index (χ1v) is 15.9. The first-order chi connectivity index (χ1) is 16.8. The van der Waals surface area contributed by atoms with Gasteiger partial charge in [-0.05, 0) is 32.1 Å². The molecule has 0 aromatic carbocycles. The maximum atomic E-state index is 2.60. The summed E-state index contributed by atoms with van der Waals surface area (Å²) in [5, 5.41) is 0. The average molecular weight is 476 g/mol. The molecule has 200 valence electrons. The molecule has 0 N–H and O–H groups in total. The molecular formula is C32H63N2+. The highest BCUT2D eigenvalue weighted by molar-refractivity contribution is 4.84. The normalized spacial score (nSPS) is 11.5.